The van der Waals surface area contributed by atoms with E-state index in [1.54, 1.807) is 0 Å². The standard InChI is InChI=1S/C44H40N2O2/c1-6-45-38-18-11-10-15-36(38)37-27-33(25-26-39(37)45)41-40(32-23-21-31(22-24-32)20-19-30-13-8-7-9-14-30)43(47)46(44(41)48)42-34(28(2)3)16-12-17-35(42)29(4)5/h7-29H,6H2,1-5H3/b20-19+. The minimum absolute atomic E-state index is 0.124. The summed E-state index contributed by atoms with van der Waals surface area (Å²) in [5, 5.41) is 2.20. The van der Waals surface area contributed by atoms with Crippen LogP contribution in [0.4, 0.5) is 5.69 Å². The van der Waals surface area contributed by atoms with Gasteiger partial charge in [0.1, 0.15) is 0 Å². The summed E-state index contributed by atoms with van der Waals surface area (Å²) >= 11 is 0. The monoisotopic (exact) mass is 628 g/mol. The van der Waals surface area contributed by atoms with E-state index in [4.69, 9.17) is 0 Å². The van der Waals surface area contributed by atoms with Crippen LogP contribution < -0.4 is 4.90 Å². The molecule has 2 heterocycles. The second-order valence-electron chi connectivity index (χ2n) is 13.1. The Hall–Kier alpha value is -5.48. The molecule has 0 saturated carbocycles. The van der Waals surface area contributed by atoms with Crippen LogP contribution in [-0.4, -0.2) is 16.4 Å². The second-order valence-corrected chi connectivity index (χ2v) is 13.1. The lowest BCUT2D eigenvalue weighted by molar-refractivity contribution is -0.119. The van der Waals surface area contributed by atoms with Gasteiger partial charge < -0.3 is 4.57 Å². The molecule has 48 heavy (non-hydrogen) atoms. The van der Waals surface area contributed by atoms with Gasteiger partial charge >= 0.3 is 0 Å². The number of hydrogen-bond donors (Lipinski definition) is 0. The van der Waals surface area contributed by atoms with Crippen LogP contribution in [-0.2, 0) is 16.1 Å². The predicted molar refractivity (Wildman–Crippen MR) is 201 cm³/mol. The highest BCUT2D eigenvalue weighted by atomic mass is 16.2. The molecule has 0 saturated heterocycles. The third-order valence-electron chi connectivity index (χ3n) is 9.49. The summed E-state index contributed by atoms with van der Waals surface area (Å²) < 4.78 is 2.30. The van der Waals surface area contributed by atoms with Crippen LogP contribution in [0.15, 0.2) is 115 Å². The molecule has 0 radical (unpaired) electrons. The Kier molecular flexibility index (Phi) is 8.18. The molecule has 0 fully saturated rings. The maximum Gasteiger partial charge on any atom is 0.266 e. The molecule has 4 heteroatoms. The Balaban J connectivity index is 1.42. The molecule has 0 aliphatic carbocycles. The minimum Gasteiger partial charge on any atom is -0.341 e. The Morgan fingerprint density at radius 1 is 0.562 bits per heavy atom. The quantitative estimate of drug-likeness (QED) is 0.124. The van der Waals surface area contributed by atoms with Crippen molar-refractivity contribution in [3.05, 3.63) is 149 Å². The molecule has 0 unspecified atom stereocenters. The van der Waals surface area contributed by atoms with Gasteiger partial charge in [0, 0.05) is 28.4 Å². The number of fused-ring (bicyclic) bond motifs is 3. The number of hydrogen-bond acceptors (Lipinski definition) is 2. The Morgan fingerprint density at radius 3 is 1.73 bits per heavy atom. The van der Waals surface area contributed by atoms with Crippen LogP contribution in [0.2, 0.25) is 0 Å². The van der Waals surface area contributed by atoms with Gasteiger partial charge in [-0.25, -0.2) is 4.90 Å². The normalized spacial score (nSPS) is 13.9. The van der Waals surface area contributed by atoms with Gasteiger partial charge in [-0.1, -0.05) is 137 Å². The third kappa shape index (κ3) is 5.28. The van der Waals surface area contributed by atoms with Gasteiger partial charge in [-0.2, -0.15) is 0 Å². The molecule has 238 valence electrons. The van der Waals surface area contributed by atoms with Crippen molar-refractivity contribution in [2.45, 2.75) is 53.0 Å². The van der Waals surface area contributed by atoms with Crippen molar-refractivity contribution < 1.29 is 9.59 Å². The lowest BCUT2D eigenvalue weighted by Gasteiger charge is -2.26. The number of aryl methyl sites for hydroxylation is 1. The van der Waals surface area contributed by atoms with Crippen LogP contribution >= 0.6 is 0 Å². The Morgan fingerprint density at radius 2 is 1.10 bits per heavy atom. The lowest BCUT2D eigenvalue weighted by Crippen LogP contribution is -2.33. The topological polar surface area (TPSA) is 42.3 Å². The van der Waals surface area contributed by atoms with Crippen LogP contribution in [0.5, 0.6) is 0 Å². The van der Waals surface area contributed by atoms with Crippen molar-refractivity contribution in [1.82, 2.24) is 4.57 Å². The highest BCUT2D eigenvalue weighted by molar-refractivity contribution is 6.57. The van der Waals surface area contributed by atoms with Crippen molar-refractivity contribution in [1.29, 1.82) is 0 Å². The first-order chi connectivity index (χ1) is 23.3. The average molecular weight is 629 g/mol. The first-order valence-corrected chi connectivity index (χ1v) is 16.9. The van der Waals surface area contributed by atoms with Crippen LogP contribution in [0, 0.1) is 0 Å². The number of carbonyl (C=O) groups excluding carboxylic acids is 2. The number of imide groups is 1. The molecule has 2 amide bonds. The van der Waals surface area contributed by atoms with E-state index in [2.05, 4.69) is 99.9 Å². The van der Waals surface area contributed by atoms with Crippen molar-refractivity contribution in [2.24, 2.45) is 0 Å². The number of benzene rings is 5. The van der Waals surface area contributed by atoms with Crippen molar-refractivity contribution in [3.8, 4) is 0 Å². The van der Waals surface area contributed by atoms with Crippen molar-refractivity contribution >= 4 is 62.6 Å². The van der Waals surface area contributed by atoms with Crippen LogP contribution in [0.25, 0.3) is 45.1 Å². The van der Waals surface area contributed by atoms with Gasteiger partial charge in [-0.05, 0) is 70.3 Å². The van der Waals surface area contributed by atoms with Crippen LogP contribution in [0.3, 0.4) is 0 Å². The fraction of sp³-hybridized carbons (Fsp3) is 0.182. The fourth-order valence-electron chi connectivity index (χ4n) is 7.11. The first-order valence-electron chi connectivity index (χ1n) is 16.9. The molecule has 1 aliphatic heterocycles. The maximum absolute atomic E-state index is 14.9. The summed E-state index contributed by atoms with van der Waals surface area (Å²) in [5.74, 6) is -0.316. The summed E-state index contributed by atoms with van der Waals surface area (Å²) in [4.78, 5) is 31.1. The minimum atomic E-state index is -0.284. The predicted octanol–water partition coefficient (Wildman–Crippen LogP) is 10.7. The number of nitrogens with zero attached hydrogens (tertiary/aromatic N) is 2. The Labute approximate surface area is 282 Å². The SMILES string of the molecule is CCn1c2ccccc2c2cc(C3=C(c4ccc(/C=C/c5ccccc5)cc4)C(=O)N(c4c(C(C)C)cccc4C(C)C)C3=O)ccc21. The molecule has 6 aromatic rings. The molecule has 0 bridgehead atoms. The van der Waals surface area contributed by atoms with E-state index in [0.29, 0.717) is 11.1 Å². The van der Waals surface area contributed by atoms with Gasteiger partial charge in [0.15, 0.2) is 0 Å². The molecule has 0 spiro atoms. The molecule has 4 nitrogen and oxygen atoms in total. The zero-order valence-electron chi connectivity index (χ0n) is 28.2. The highest BCUT2D eigenvalue weighted by Gasteiger charge is 2.42. The summed E-state index contributed by atoms with van der Waals surface area (Å²) in [7, 11) is 0. The number of aromatic nitrogens is 1. The van der Waals surface area contributed by atoms with E-state index in [1.165, 1.54) is 4.90 Å². The molecule has 1 aliphatic rings. The van der Waals surface area contributed by atoms with E-state index in [0.717, 1.165) is 67.4 Å². The number of rotatable bonds is 8. The van der Waals surface area contributed by atoms with E-state index >= 15 is 0 Å². The van der Waals surface area contributed by atoms with E-state index in [9.17, 15) is 9.59 Å². The molecular weight excluding hydrogens is 588 g/mol. The van der Waals surface area contributed by atoms with Gasteiger partial charge in [0.2, 0.25) is 0 Å². The second kappa shape index (κ2) is 12.6. The molecule has 0 N–H and O–H groups in total. The number of anilines is 1. The van der Waals surface area contributed by atoms with Gasteiger partial charge in [-0.3, -0.25) is 9.59 Å². The fourth-order valence-corrected chi connectivity index (χ4v) is 7.11. The summed E-state index contributed by atoms with van der Waals surface area (Å²) in [6.45, 7) is 11.4. The van der Waals surface area contributed by atoms with Crippen molar-refractivity contribution in [2.75, 3.05) is 4.90 Å². The lowest BCUT2D eigenvalue weighted by atomic mass is 9.91. The van der Waals surface area contributed by atoms with Crippen LogP contribution in [0.1, 0.15) is 79.8 Å². The van der Waals surface area contributed by atoms with E-state index in [1.807, 2.05) is 66.7 Å². The number of carbonyl (C=O) groups is 2. The van der Waals surface area contributed by atoms with Crippen molar-refractivity contribution in [3.63, 3.8) is 0 Å². The molecular formula is C44H40N2O2. The summed E-state index contributed by atoms with van der Waals surface area (Å²) in [5.41, 5.74) is 9.45. The van der Waals surface area contributed by atoms with Gasteiger partial charge in [-0.15, -0.1) is 0 Å². The van der Waals surface area contributed by atoms with Gasteiger partial charge in [0.25, 0.3) is 11.8 Å². The van der Waals surface area contributed by atoms with E-state index < -0.39 is 0 Å². The number of para-hydroxylation sites is 2. The Bertz CT molecular complexity index is 2220. The third-order valence-corrected chi connectivity index (χ3v) is 9.49. The zero-order chi connectivity index (χ0) is 33.5. The zero-order valence-corrected chi connectivity index (χ0v) is 28.2. The molecule has 7 rings (SSSR count). The largest absolute Gasteiger partial charge is 0.341 e. The average Bonchev–Trinajstić information content (AvgIpc) is 3.56. The van der Waals surface area contributed by atoms with E-state index in [-0.39, 0.29) is 23.7 Å². The highest BCUT2D eigenvalue weighted by Crippen LogP contribution is 2.44. The molecule has 5 aromatic carbocycles. The van der Waals surface area contributed by atoms with Gasteiger partial charge in [0.05, 0.1) is 16.8 Å². The number of amides is 2. The summed E-state index contributed by atoms with van der Waals surface area (Å²) in [6.07, 6.45) is 4.14. The maximum atomic E-state index is 14.9. The molecule has 0 atom stereocenters. The summed E-state index contributed by atoms with van der Waals surface area (Å²) in [6, 6.07) is 38.8. The smallest absolute Gasteiger partial charge is 0.266 e. The molecule has 1 aromatic heterocycles. The first kappa shape index (κ1) is 31.1.